The van der Waals surface area contributed by atoms with E-state index in [1.807, 2.05) is 19.1 Å². The number of amides is 1. The summed E-state index contributed by atoms with van der Waals surface area (Å²) in [6.45, 7) is 2.62. The van der Waals surface area contributed by atoms with E-state index >= 15 is 0 Å². The Hall–Kier alpha value is -2.30. The van der Waals surface area contributed by atoms with Gasteiger partial charge in [0, 0.05) is 16.1 Å². The van der Waals surface area contributed by atoms with Crippen molar-refractivity contribution in [1.82, 2.24) is 9.78 Å². The summed E-state index contributed by atoms with van der Waals surface area (Å²) in [7, 11) is 0. The molecule has 0 fully saturated rings. The monoisotopic (exact) mass is 373 g/mol. The molecule has 0 atom stereocenters. The zero-order valence-corrected chi connectivity index (χ0v) is 15.2. The van der Waals surface area contributed by atoms with Crippen molar-refractivity contribution in [2.45, 2.75) is 19.9 Å². The van der Waals surface area contributed by atoms with Gasteiger partial charge in [0.05, 0.1) is 19.2 Å². The first-order valence-electron chi connectivity index (χ1n) is 7.83. The predicted octanol–water partition coefficient (Wildman–Crippen LogP) is 4.73. The molecule has 0 saturated heterocycles. The van der Waals surface area contributed by atoms with E-state index in [2.05, 4.69) is 22.5 Å². The van der Waals surface area contributed by atoms with Gasteiger partial charge in [-0.3, -0.25) is 4.79 Å². The highest BCUT2D eigenvalue weighted by Crippen LogP contribution is 2.25. The van der Waals surface area contributed by atoms with E-state index in [9.17, 15) is 4.79 Å². The van der Waals surface area contributed by atoms with Crippen LogP contribution in [-0.4, -0.2) is 15.7 Å². The fourth-order valence-electron chi connectivity index (χ4n) is 2.48. The van der Waals surface area contributed by atoms with Crippen LogP contribution in [0.2, 0.25) is 10.0 Å². The van der Waals surface area contributed by atoms with Gasteiger partial charge in [0.1, 0.15) is 5.82 Å². The third-order valence-electron chi connectivity index (χ3n) is 3.84. The third-order valence-corrected chi connectivity index (χ3v) is 4.54. The number of rotatable bonds is 5. The van der Waals surface area contributed by atoms with Gasteiger partial charge in [-0.05, 0) is 30.2 Å². The van der Waals surface area contributed by atoms with E-state index in [0.717, 1.165) is 5.56 Å². The van der Waals surface area contributed by atoms with Crippen molar-refractivity contribution in [2.75, 3.05) is 5.32 Å². The normalized spacial score (nSPS) is 10.7. The molecule has 0 saturated carbocycles. The van der Waals surface area contributed by atoms with E-state index in [1.165, 1.54) is 5.56 Å². The van der Waals surface area contributed by atoms with Crippen molar-refractivity contribution in [3.63, 3.8) is 0 Å². The Morgan fingerprint density at radius 1 is 1.08 bits per heavy atom. The van der Waals surface area contributed by atoms with Crippen LogP contribution in [0.5, 0.6) is 0 Å². The molecule has 0 aliphatic heterocycles. The molecule has 25 heavy (non-hydrogen) atoms. The minimum Gasteiger partial charge on any atom is -0.311 e. The predicted molar refractivity (Wildman–Crippen MR) is 101 cm³/mol. The second-order valence-corrected chi connectivity index (χ2v) is 6.60. The van der Waals surface area contributed by atoms with Gasteiger partial charge in [-0.25, -0.2) is 4.68 Å². The van der Waals surface area contributed by atoms with E-state index in [-0.39, 0.29) is 12.3 Å². The number of benzene rings is 2. The van der Waals surface area contributed by atoms with Crippen LogP contribution in [0.15, 0.2) is 54.7 Å². The maximum Gasteiger partial charge on any atom is 0.230 e. The summed E-state index contributed by atoms with van der Waals surface area (Å²) in [6.07, 6.45) is 1.76. The van der Waals surface area contributed by atoms with Crippen LogP contribution in [-0.2, 0) is 17.8 Å². The molecular weight excluding hydrogens is 357 g/mol. The number of nitrogens with one attached hydrogen (secondary N) is 1. The number of aryl methyl sites for hydroxylation is 1. The minimum absolute atomic E-state index is 0.105. The van der Waals surface area contributed by atoms with Gasteiger partial charge in [0.2, 0.25) is 5.91 Å². The Labute approximate surface area is 156 Å². The van der Waals surface area contributed by atoms with Crippen molar-refractivity contribution in [3.8, 4) is 0 Å². The molecule has 2 aromatic carbocycles. The number of anilines is 1. The zero-order valence-electron chi connectivity index (χ0n) is 13.7. The Bertz CT molecular complexity index is 868. The lowest BCUT2D eigenvalue weighted by Crippen LogP contribution is -2.18. The molecule has 3 rings (SSSR count). The molecule has 128 valence electrons. The fraction of sp³-hybridized carbons (Fsp3) is 0.158. The Morgan fingerprint density at radius 3 is 2.44 bits per heavy atom. The molecule has 1 N–H and O–H groups in total. The maximum atomic E-state index is 12.4. The molecule has 0 radical (unpaired) electrons. The van der Waals surface area contributed by atoms with Crippen molar-refractivity contribution in [2.24, 2.45) is 0 Å². The van der Waals surface area contributed by atoms with Crippen LogP contribution >= 0.6 is 23.2 Å². The molecular formula is C19H17Cl2N3O. The Balaban J connectivity index is 1.70. The summed E-state index contributed by atoms with van der Waals surface area (Å²) in [6, 6.07) is 15.2. The molecule has 3 aromatic rings. The molecule has 0 aliphatic carbocycles. The van der Waals surface area contributed by atoms with Crippen LogP contribution in [0.4, 0.5) is 5.82 Å². The molecule has 0 aliphatic rings. The summed E-state index contributed by atoms with van der Waals surface area (Å²) < 4.78 is 1.75. The van der Waals surface area contributed by atoms with Gasteiger partial charge in [0.25, 0.3) is 0 Å². The van der Waals surface area contributed by atoms with Gasteiger partial charge in [-0.2, -0.15) is 5.10 Å². The number of aromatic nitrogens is 2. The number of carbonyl (C=O) groups excluding carboxylic acids is 1. The van der Waals surface area contributed by atoms with Gasteiger partial charge in [-0.1, -0.05) is 59.1 Å². The maximum absolute atomic E-state index is 12.4. The minimum atomic E-state index is -0.194. The molecule has 6 heteroatoms. The number of carbonyl (C=O) groups is 1. The standard InChI is InChI=1S/C19H17Cl2N3O/c1-13-5-7-14(8-6-13)12-24-18(9-10-22-24)23-19(25)11-15-16(20)3-2-4-17(15)21/h2-10H,11-12H2,1H3,(H,23,25). The first-order chi connectivity index (χ1) is 12.0. The van der Waals surface area contributed by atoms with Crippen molar-refractivity contribution in [1.29, 1.82) is 0 Å². The first kappa shape index (κ1) is 17.5. The molecule has 1 amide bonds. The highest BCUT2D eigenvalue weighted by atomic mass is 35.5. The lowest BCUT2D eigenvalue weighted by Gasteiger charge is -2.11. The fourth-order valence-corrected chi connectivity index (χ4v) is 3.01. The average Bonchev–Trinajstić information content (AvgIpc) is 3.00. The summed E-state index contributed by atoms with van der Waals surface area (Å²) in [4.78, 5) is 12.4. The van der Waals surface area contributed by atoms with Gasteiger partial charge in [0.15, 0.2) is 0 Å². The van der Waals surface area contributed by atoms with Crippen molar-refractivity contribution < 1.29 is 4.79 Å². The molecule has 4 nitrogen and oxygen atoms in total. The second-order valence-electron chi connectivity index (χ2n) is 5.78. The number of hydrogen-bond donors (Lipinski definition) is 1. The average molecular weight is 374 g/mol. The van der Waals surface area contributed by atoms with Crippen molar-refractivity contribution >= 4 is 34.9 Å². The topological polar surface area (TPSA) is 46.9 Å². The van der Waals surface area contributed by atoms with Crippen LogP contribution in [0, 0.1) is 6.92 Å². The van der Waals surface area contributed by atoms with E-state index < -0.39 is 0 Å². The lowest BCUT2D eigenvalue weighted by atomic mass is 10.1. The van der Waals surface area contributed by atoms with Gasteiger partial charge in [-0.15, -0.1) is 0 Å². The van der Waals surface area contributed by atoms with Gasteiger partial charge >= 0.3 is 0 Å². The quantitative estimate of drug-likeness (QED) is 0.702. The Kier molecular flexibility index (Phi) is 5.41. The summed E-state index contributed by atoms with van der Waals surface area (Å²) in [5.74, 6) is 0.439. The summed E-state index contributed by atoms with van der Waals surface area (Å²) in [5, 5.41) is 8.11. The highest BCUT2D eigenvalue weighted by molar-refractivity contribution is 6.36. The van der Waals surface area contributed by atoms with Gasteiger partial charge < -0.3 is 5.32 Å². The largest absolute Gasteiger partial charge is 0.311 e. The summed E-state index contributed by atoms with van der Waals surface area (Å²) in [5.41, 5.74) is 2.93. The van der Waals surface area contributed by atoms with Crippen LogP contribution in [0.25, 0.3) is 0 Å². The van der Waals surface area contributed by atoms with E-state index in [4.69, 9.17) is 23.2 Å². The molecule has 1 aromatic heterocycles. The first-order valence-corrected chi connectivity index (χ1v) is 8.58. The van der Waals surface area contributed by atoms with E-state index in [1.54, 1.807) is 35.1 Å². The lowest BCUT2D eigenvalue weighted by molar-refractivity contribution is -0.115. The zero-order chi connectivity index (χ0) is 17.8. The highest BCUT2D eigenvalue weighted by Gasteiger charge is 2.13. The number of nitrogens with zero attached hydrogens (tertiary/aromatic N) is 2. The molecule has 0 spiro atoms. The second kappa shape index (κ2) is 7.72. The smallest absolute Gasteiger partial charge is 0.230 e. The van der Waals surface area contributed by atoms with Crippen LogP contribution in [0.3, 0.4) is 0 Å². The van der Waals surface area contributed by atoms with Crippen LogP contribution in [0.1, 0.15) is 16.7 Å². The molecule has 0 bridgehead atoms. The van der Waals surface area contributed by atoms with E-state index in [0.29, 0.717) is 28.0 Å². The number of halogens is 2. The summed E-state index contributed by atoms with van der Waals surface area (Å²) >= 11 is 12.2. The van der Waals surface area contributed by atoms with Crippen molar-refractivity contribution in [3.05, 3.63) is 81.5 Å². The molecule has 1 heterocycles. The molecule has 0 unspecified atom stereocenters. The SMILES string of the molecule is Cc1ccc(Cn2nccc2NC(=O)Cc2c(Cl)cccc2Cl)cc1. The van der Waals surface area contributed by atoms with Crippen LogP contribution < -0.4 is 5.32 Å². The third kappa shape index (κ3) is 4.41. The Morgan fingerprint density at radius 2 is 1.76 bits per heavy atom. The number of hydrogen-bond acceptors (Lipinski definition) is 2.